The van der Waals surface area contributed by atoms with E-state index in [1.807, 2.05) is 13.0 Å². The maximum absolute atomic E-state index is 13.6. The van der Waals surface area contributed by atoms with Gasteiger partial charge in [0.05, 0.1) is 23.1 Å². The molecule has 1 atom stereocenters. The van der Waals surface area contributed by atoms with Crippen LogP contribution in [-0.2, 0) is 11.3 Å². The minimum Gasteiger partial charge on any atom is -0.365 e. The number of nitrogens with zero attached hydrogens (tertiary/aromatic N) is 4. The lowest BCUT2D eigenvalue weighted by molar-refractivity contribution is -0.385. The minimum absolute atomic E-state index is 0.0243. The van der Waals surface area contributed by atoms with Crippen LogP contribution in [0.3, 0.4) is 0 Å². The number of nitrogens with two attached hydrogens (primary N) is 1. The molecule has 3 N–H and O–H groups in total. The summed E-state index contributed by atoms with van der Waals surface area (Å²) < 4.78 is 28.4. The molecule has 14 heteroatoms. The summed E-state index contributed by atoms with van der Waals surface area (Å²) in [4.78, 5) is 41.2. The van der Waals surface area contributed by atoms with Crippen molar-refractivity contribution < 1.29 is 23.3 Å². The largest absolute Gasteiger partial charge is 0.365 e. The van der Waals surface area contributed by atoms with Gasteiger partial charge in [0.2, 0.25) is 5.91 Å². The minimum atomic E-state index is -2.84. The molecule has 0 aliphatic rings. The lowest BCUT2D eigenvalue weighted by Crippen LogP contribution is -2.25. The summed E-state index contributed by atoms with van der Waals surface area (Å²) >= 11 is 2.19. The number of fused-ring (bicyclic) bond motifs is 1. The van der Waals surface area contributed by atoms with Crippen LogP contribution in [0.1, 0.15) is 33.6 Å². The number of anilines is 1. The van der Waals surface area contributed by atoms with Gasteiger partial charge in [-0.05, 0) is 25.1 Å². The van der Waals surface area contributed by atoms with Gasteiger partial charge in [-0.3, -0.25) is 24.4 Å². The number of hydrogen-bond donors (Lipinski definition) is 2. The van der Waals surface area contributed by atoms with E-state index >= 15 is 0 Å². The fourth-order valence-electron chi connectivity index (χ4n) is 3.45. The molecular weight excluding hydrogens is 502 g/mol. The fourth-order valence-corrected chi connectivity index (χ4v) is 5.36. The summed E-state index contributed by atoms with van der Waals surface area (Å²) in [5.74, 6) is -2.08. The van der Waals surface area contributed by atoms with Crippen LogP contribution in [0.15, 0.2) is 30.6 Å². The van der Waals surface area contributed by atoms with Crippen LogP contribution in [0, 0.1) is 23.0 Å². The highest BCUT2D eigenvalue weighted by molar-refractivity contribution is 7.21. The third kappa shape index (κ3) is 4.88. The number of pyridine rings is 1. The number of halogens is 2. The van der Waals surface area contributed by atoms with Crippen LogP contribution in [0.2, 0.25) is 0 Å². The predicted molar refractivity (Wildman–Crippen MR) is 128 cm³/mol. The highest BCUT2D eigenvalue weighted by Crippen LogP contribution is 2.44. The summed E-state index contributed by atoms with van der Waals surface area (Å²) in [6, 6.07) is 4.85. The molecule has 1 unspecified atom stereocenters. The molecule has 0 bridgehead atoms. The van der Waals surface area contributed by atoms with Crippen LogP contribution < -0.4 is 11.1 Å². The molecule has 0 aromatic carbocycles. The van der Waals surface area contributed by atoms with Gasteiger partial charge in [0.25, 0.3) is 12.3 Å². The van der Waals surface area contributed by atoms with E-state index < -0.39 is 34.8 Å². The molecule has 0 fully saturated rings. The van der Waals surface area contributed by atoms with Gasteiger partial charge in [0, 0.05) is 20.7 Å². The zero-order valence-corrected chi connectivity index (χ0v) is 20.0. The van der Waals surface area contributed by atoms with E-state index in [-0.39, 0.29) is 27.6 Å². The Morgan fingerprint density at radius 2 is 2.06 bits per heavy atom. The molecule has 0 aliphatic heterocycles. The Morgan fingerprint density at radius 1 is 1.31 bits per heavy atom. The van der Waals surface area contributed by atoms with E-state index in [1.54, 1.807) is 13.0 Å². The van der Waals surface area contributed by atoms with Gasteiger partial charge >= 0.3 is 5.69 Å². The smallest absolute Gasteiger partial charge is 0.306 e. The third-order valence-electron chi connectivity index (χ3n) is 5.12. The Balaban J connectivity index is 1.76. The first-order chi connectivity index (χ1) is 16.5. The summed E-state index contributed by atoms with van der Waals surface area (Å²) in [5, 5.41) is 17.8. The third-order valence-corrected chi connectivity index (χ3v) is 7.25. The van der Waals surface area contributed by atoms with Gasteiger partial charge in [0.1, 0.15) is 27.8 Å². The van der Waals surface area contributed by atoms with Crippen LogP contribution in [-0.4, -0.2) is 31.5 Å². The Bertz CT molecular complexity index is 1460. The number of thiophene rings is 2. The molecule has 0 aliphatic carbocycles. The lowest BCUT2D eigenvalue weighted by atomic mass is 10.1. The van der Waals surface area contributed by atoms with Gasteiger partial charge in [-0.15, -0.1) is 22.7 Å². The van der Waals surface area contributed by atoms with Gasteiger partial charge < -0.3 is 11.1 Å². The van der Waals surface area contributed by atoms with Gasteiger partial charge in [-0.25, -0.2) is 13.8 Å². The van der Waals surface area contributed by atoms with E-state index in [1.165, 1.54) is 28.3 Å². The quantitative estimate of drug-likeness (QED) is 0.253. The van der Waals surface area contributed by atoms with Crippen molar-refractivity contribution in [2.24, 2.45) is 11.7 Å². The average Bonchev–Trinajstić information content (AvgIpc) is 3.52. The zero-order chi connectivity index (χ0) is 25.4. The second-order valence-electron chi connectivity index (χ2n) is 7.72. The molecule has 0 saturated carbocycles. The molecule has 4 rings (SSSR count). The number of nitro groups is 1. The highest BCUT2D eigenvalue weighted by atomic mass is 32.1. The first kappa shape index (κ1) is 24.3. The van der Waals surface area contributed by atoms with Crippen molar-refractivity contribution in [1.29, 1.82) is 0 Å². The topological polar surface area (TPSA) is 146 Å². The van der Waals surface area contributed by atoms with Gasteiger partial charge in [0.15, 0.2) is 0 Å². The summed E-state index contributed by atoms with van der Waals surface area (Å²) in [5.41, 5.74) is 5.37. The van der Waals surface area contributed by atoms with E-state index in [0.717, 1.165) is 22.4 Å². The highest BCUT2D eigenvalue weighted by Gasteiger charge is 2.27. The number of hydrogen-bond acceptors (Lipinski definition) is 8. The molecule has 4 aromatic heterocycles. The number of amides is 2. The normalized spacial score (nSPS) is 12.3. The van der Waals surface area contributed by atoms with Gasteiger partial charge in [-0.1, -0.05) is 6.92 Å². The van der Waals surface area contributed by atoms with Crippen LogP contribution in [0.25, 0.3) is 20.7 Å². The summed E-state index contributed by atoms with van der Waals surface area (Å²) in [6.45, 7) is 3.48. The molecule has 10 nitrogen and oxygen atoms in total. The number of aryl methyl sites for hydroxylation is 1. The summed E-state index contributed by atoms with van der Waals surface area (Å²) in [6.07, 6.45) is -0.565. The molecule has 4 heterocycles. The zero-order valence-electron chi connectivity index (χ0n) is 18.3. The van der Waals surface area contributed by atoms with Crippen molar-refractivity contribution in [3.63, 3.8) is 0 Å². The Labute approximate surface area is 204 Å². The van der Waals surface area contributed by atoms with E-state index in [4.69, 9.17) is 5.73 Å². The fraction of sp³-hybridized carbons (Fsp3) is 0.238. The van der Waals surface area contributed by atoms with Crippen LogP contribution in [0.4, 0.5) is 20.2 Å². The second kappa shape index (κ2) is 9.46. The van der Waals surface area contributed by atoms with Crippen LogP contribution >= 0.6 is 22.7 Å². The number of aromatic nitrogens is 3. The number of alkyl halides is 2. The number of rotatable bonds is 8. The number of nitrogens with one attached hydrogen (secondary N) is 1. The molecule has 35 heavy (non-hydrogen) atoms. The van der Waals surface area contributed by atoms with E-state index in [2.05, 4.69) is 15.4 Å². The lowest BCUT2D eigenvalue weighted by Gasteiger charge is -2.14. The SMILES string of the molecule is Cc1ccc(-c2cc(C(F)F)nc3sc(C(N)=O)c(NC(=O)C(C)Cn4cc([N+](=O)[O-])cn4)c23)s1. The van der Waals surface area contributed by atoms with E-state index in [0.29, 0.717) is 15.8 Å². The van der Waals surface area contributed by atoms with Crippen molar-refractivity contribution in [3.05, 3.63) is 56.2 Å². The van der Waals surface area contributed by atoms with Crippen molar-refractivity contribution in [2.75, 3.05) is 5.32 Å². The molecule has 4 aromatic rings. The molecule has 2 amide bonds. The Hall–Kier alpha value is -3.78. The second-order valence-corrected chi connectivity index (χ2v) is 10.0. The first-order valence-corrected chi connectivity index (χ1v) is 11.8. The van der Waals surface area contributed by atoms with Crippen molar-refractivity contribution in [3.8, 4) is 10.4 Å². The van der Waals surface area contributed by atoms with Crippen molar-refractivity contribution >= 4 is 56.1 Å². The van der Waals surface area contributed by atoms with Crippen LogP contribution in [0.5, 0.6) is 0 Å². The number of carbonyl (C=O) groups is 2. The monoisotopic (exact) mass is 520 g/mol. The summed E-state index contributed by atoms with van der Waals surface area (Å²) in [7, 11) is 0. The van der Waals surface area contributed by atoms with Crippen molar-refractivity contribution in [2.45, 2.75) is 26.8 Å². The predicted octanol–water partition coefficient (Wildman–Crippen LogP) is 4.75. The van der Waals surface area contributed by atoms with Crippen molar-refractivity contribution in [1.82, 2.24) is 14.8 Å². The number of primary amides is 1. The van der Waals surface area contributed by atoms with Gasteiger partial charge in [-0.2, -0.15) is 5.10 Å². The number of carbonyl (C=O) groups excluding carboxylic acids is 2. The standard InChI is InChI=1S/C21H18F2N6O4S2/c1-9(7-28-8-11(6-25-28)29(32)33)20(31)27-16-15-12(14-4-3-10(2)34-14)5-13(18(22)23)26-21(15)35-17(16)19(24)30/h3-6,8-9,18H,7H2,1-2H3,(H2,24,30)(H,27,31). The Kier molecular flexibility index (Phi) is 6.58. The first-order valence-electron chi connectivity index (χ1n) is 10.1. The molecule has 182 valence electrons. The average molecular weight is 521 g/mol. The molecule has 0 spiro atoms. The Morgan fingerprint density at radius 3 is 2.63 bits per heavy atom. The molecular formula is C21H18F2N6O4S2. The maximum Gasteiger partial charge on any atom is 0.306 e. The molecule has 0 radical (unpaired) electrons. The van der Waals surface area contributed by atoms with E-state index in [9.17, 15) is 28.5 Å². The maximum atomic E-state index is 13.6. The molecule has 0 saturated heterocycles.